The number of carboxylic acids is 2. The third-order valence-electron chi connectivity index (χ3n) is 1.38. The van der Waals surface area contributed by atoms with Crippen LogP contribution < -0.4 is 0 Å². The molecule has 0 saturated heterocycles. The van der Waals surface area contributed by atoms with Crippen molar-refractivity contribution in [3.63, 3.8) is 0 Å². The minimum Gasteiger partial charge on any atom is -0.481 e. The zero-order valence-corrected chi connectivity index (χ0v) is 8.39. The summed E-state index contributed by atoms with van der Waals surface area (Å²) in [5, 5.41) is 16.9. The van der Waals surface area contributed by atoms with Gasteiger partial charge in [-0.05, 0) is 0 Å². The first-order valence-corrected chi connectivity index (χ1v) is 5.31. The monoisotopic (exact) mass is 236 g/mol. The van der Waals surface area contributed by atoms with Crippen molar-refractivity contribution in [3.05, 3.63) is 0 Å². The van der Waals surface area contributed by atoms with Crippen molar-refractivity contribution >= 4 is 19.5 Å². The van der Waals surface area contributed by atoms with Crippen molar-refractivity contribution in [2.24, 2.45) is 0 Å². The molecule has 0 bridgehead atoms. The molecule has 0 aliphatic heterocycles. The van der Waals surface area contributed by atoms with Gasteiger partial charge in [0.25, 0.3) is 0 Å². The molecule has 0 heterocycles. The van der Waals surface area contributed by atoms with Crippen molar-refractivity contribution in [2.75, 3.05) is 6.61 Å². The van der Waals surface area contributed by atoms with Crippen LogP contribution in [0.4, 0.5) is 0 Å². The maximum Gasteiger partial charge on any atom is 0.343 e. The Morgan fingerprint density at radius 1 is 1.47 bits per heavy atom. The van der Waals surface area contributed by atoms with Gasteiger partial charge < -0.3 is 15.1 Å². The van der Waals surface area contributed by atoms with Crippen LogP contribution in [0.5, 0.6) is 0 Å². The van der Waals surface area contributed by atoms with Gasteiger partial charge in [0.2, 0.25) is 0 Å². The van der Waals surface area contributed by atoms with Gasteiger partial charge in [-0.2, -0.15) is 0 Å². The van der Waals surface area contributed by atoms with E-state index in [1.165, 1.54) is 0 Å². The molecule has 0 aliphatic carbocycles. The van der Waals surface area contributed by atoms with E-state index in [-0.39, 0.29) is 0 Å². The average molecular weight is 236 g/mol. The van der Waals surface area contributed by atoms with Crippen molar-refractivity contribution in [1.29, 1.82) is 0 Å². The first kappa shape index (κ1) is 13.7. The van der Waals surface area contributed by atoms with E-state index < -0.39 is 38.2 Å². The molecule has 7 nitrogen and oxygen atoms in total. The van der Waals surface area contributed by atoms with Gasteiger partial charge in [-0.1, -0.05) is 5.92 Å². The van der Waals surface area contributed by atoms with Crippen molar-refractivity contribution < 1.29 is 33.8 Å². The molecule has 0 spiro atoms. The number of aliphatic carboxylic acids is 2. The molecule has 8 heteroatoms. The van der Waals surface area contributed by atoms with Crippen LogP contribution in [0, 0.1) is 12.3 Å². The Kier molecular flexibility index (Phi) is 5.02. The van der Waals surface area contributed by atoms with Gasteiger partial charge in [-0.25, -0.2) is 0 Å². The molecule has 0 aromatic rings. The summed E-state index contributed by atoms with van der Waals surface area (Å²) in [4.78, 5) is 29.9. The number of rotatable bonds is 6. The first-order chi connectivity index (χ1) is 6.81. The largest absolute Gasteiger partial charge is 0.481 e. The average Bonchev–Trinajstić information content (AvgIpc) is 2.10. The Morgan fingerprint density at radius 3 is 2.33 bits per heavy atom. The lowest BCUT2D eigenvalue weighted by atomic mass is 10.3. The Bertz CT molecular complexity index is 342. The van der Waals surface area contributed by atoms with Crippen molar-refractivity contribution in [1.82, 2.24) is 0 Å². The predicted octanol–water partition coefficient (Wildman–Crippen LogP) is -0.251. The maximum atomic E-state index is 11.2. The summed E-state index contributed by atoms with van der Waals surface area (Å²) < 4.78 is 15.5. The zero-order valence-electron chi connectivity index (χ0n) is 7.49. The highest BCUT2D eigenvalue weighted by Gasteiger charge is 2.40. The molecule has 0 radical (unpaired) electrons. The molecule has 0 aromatic heterocycles. The van der Waals surface area contributed by atoms with E-state index in [4.69, 9.17) is 21.5 Å². The minimum atomic E-state index is -4.55. The zero-order chi connectivity index (χ0) is 12.1. The Labute approximate surface area is 85.2 Å². The Hall–Kier alpha value is -1.35. The molecule has 0 rings (SSSR count). The molecule has 0 aromatic carbocycles. The Balaban J connectivity index is 4.75. The van der Waals surface area contributed by atoms with E-state index in [0.29, 0.717) is 0 Å². The van der Waals surface area contributed by atoms with E-state index in [1.807, 2.05) is 5.92 Å². The summed E-state index contributed by atoms with van der Waals surface area (Å²) >= 11 is 0. The van der Waals surface area contributed by atoms with Gasteiger partial charge in [0, 0.05) is 0 Å². The lowest BCUT2D eigenvalue weighted by Crippen LogP contribution is -2.25. The summed E-state index contributed by atoms with van der Waals surface area (Å²) in [5.74, 6) is -1.36. The van der Waals surface area contributed by atoms with Gasteiger partial charge in [0.15, 0.2) is 5.66 Å². The molecule has 0 saturated carbocycles. The summed E-state index contributed by atoms with van der Waals surface area (Å²) in [6, 6.07) is 0. The highest BCUT2D eigenvalue weighted by atomic mass is 31.2. The lowest BCUT2D eigenvalue weighted by molar-refractivity contribution is -0.143. The molecule has 84 valence electrons. The molecule has 15 heavy (non-hydrogen) atoms. The number of carboxylic acid groups (broad SMARTS) is 2. The predicted molar refractivity (Wildman–Crippen MR) is 48.3 cm³/mol. The summed E-state index contributed by atoms with van der Waals surface area (Å²) in [5.41, 5.74) is -2.01. The van der Waals surface area contributed by atoms with Crippen molar-refractivity contribution in [2.45, 2.75) is 12.1 Å². The van der Waals surface area contributed by atoms with Crippen LogP contribution in [-0.4, -0.2) is 39.3 Å². The molecular formula is C7H9O7P. The molecular weight excluding hydrogens is 227 g/mol. The van der Waals surface area contributed by atoms with Gasteiger partial charge in [-0.3, -0.25) is 18.7 Å². The number of terminal acetylenes is 1. The normalized spacial score (nSPS) is 16.0. The summed E-state index contributed by atoms with van der Waals surface area (Å²) in [6.07, 6.45) is 3.74. The van der Waals surface area contributed by atoms with E-state index in [2.05, 4.69) is 4.52 Å². The van der Waals surface area contributed by atoms with Gasteiger partial charge in [0.05, 0.1) is 6.42 Å². The molecule has 0 fully saturated rings. The second-order valence-electron chi connectivity index (χ2n) is 2.49. The first-order valence-electron chi connectivity index (χ1n) is 3.66. The fourth-order valence-electron chi connectivity index (χ4n) is 0.727. The van der Waals surface area contributed by atoms with Crippen LogP contribution >= 0.6 is 7.60 Å². The third-order valence-corrected chi connectivity index (χ3v) is 3.07. The number of hydrogen-bond acceptors (Lipinski definition) is 4. The van der Waals surface area contributed by atoms with E-state index in [9.17, 15) is 14.2 Å². The highest BCUT2D eigenvalue weighted by molar-refractivity contribution is 7.54. The van der Waals surface area contributed by atoms with Crippen molar-refractivity contribution in [3.8, 4) is 12.3 Å². The lowest BCUT2D eigenvalue weighted by Gasteiger charge is -2.16. The summed E-state index contributed by atoms with van der Waals surface area (Å²) in [7, 11) is -4.55. The molecule has 2 unspecified atom stereocenters. The van der Waals surface area contributed by atoms with Gasteiger partial charge in [0.1, 0.15) is 6.61 Å². The number of carbonyl (C=O) groups is 2. The third kappa shape index (κ3) is 4.61. The second-order valence-corrected chi connectivity index (χ2v) is 4.50. The standard InChI is InChI=1S/C7H9O7P/c1-2-3-14-15(12,13)5(7(10)11)4-6(8)9/h1,5H,3-4H2,(H,8,9)(H,10,11)(H,12,13). The van der Waals surface area contributed by atoms with Crippen LogP contribution in [0.15, 0.2) is 0 Å². The molecule has 0 amide bonds. The fourth-order valence-corrected chi connectivity index (χ4v) is 1.83. The smallest absolute Gasteiger partial charge is 0.343 e. The minimum absolute atomic E-state index is 0.558. The van der Waals surface area contributed by atoms with E-state index >= 15 is 0 Å². The molecule has 0 aliphatic rings. The fraction of sp³-hybridized carbons (Fsp3) is 0.429. The van der Waals surface area contributed by atoms with E-state index in [0.717, 1.165) is 0 Å². The highest BCUT2D eigenvalue weighted by Crippen LogP contribution is 2.48. The Morgan fingerprint density at radius 2 is 2.00 bits per heavy atom. The molecule has 2 atom stereocenters. The topological polar surface area (TPSA) is 121 Å². The number of hydrogen-bond donors (Lipinski definition) is 3. The van der Waals surface area contributed by atoms with Crippen LogP contribution in [-0.2, 0) is 18.7 Å². The second kappa shape index (κ2) is 5.51. The van der Waals surface area contributed by atoms with Crippen LogP contribution in [0.3, 0.4) is 0 Å². The van der Waals surface area contributed by atoms with Crippen LogP contribution in [0.1, 0.15) is 6.42 Å². The SMILES string of the molecule is C#CCOP(=O)(O)C(CC(=O)O)C(=O)O. The van der Waals surface area contributed by atoms with Gasteiger partial charge >= 0.3 is 19.5 Å². The van der Waals surface area contributed by atoms with Crippen LogP contribution in [0.25, 0.3) is 0 Å². The van der Waals surface area contributed by atoms with Gasteiger partial charge in [-0.15, -0.1) is 6.42 Å². The quantitative estimate of drug-likeness (QED) is 0.429. The summed E-state index contributed by atoms with van der Waals surface area (Å²) in [6.45, 7) is -0.558. The van der Waals surface area contributed by atoms with E-state index in [1.54, 1.807) is 0 Å². The van der Waals surface area contributed by atoms with Crippen LogP contribution in [0.2, 0.25) is 0 Å². The maximum absolute atomic E-state index is 11.2. The molecule has 3 N–H and O–H groups in total.